The van der Waals surface area contributed by atoms with E-state index >= 15 is 0 Å². The zero-order valence-electron chi connectivity index (χ0n) is 8.12. The molecule has 0 spiro atoms. The molecule has 1 aromatic rings. The second-order valence-corrected chi connectivity index (χ2v) is 3.11. The second-order valence-electron chi connectivity index (χ2n) is 3.11. The molecule has 0 fully saturated rings. The van der Waals surface area contributed by atoms with E-state index in [1.807, 2.05) is 0 Å². The molecule has 0 atom stereocenters. The van der Waals surface area contributed by atoms with Crippen LogP contribution in [0.15, 0.2) is 23.7 Å². The third-order valence-corrected chi connectivity index (χ3v) is 1.65. The summed E-state index contributed by atoms with van der Waals surface area (Å²) in [6.07, 6.45) is 5.08. The zero-order valence-corrected chi connectivity index (χ0v) is 8.12. The Bertz CT molecular complexity index is 221. The number of hydrogen-bond donors (Lipinski definition) is 2. The van der Waals surface area contributed by atoms with Crippen LogP contribution in [0.4, 0.5) is 0 Å². The molecule has 2 heterocycles. The van der Waals surface area contributed by atoms with E-state index in [0.717, 1.165) is 13.1 Å². The van der Waals surface area contributed by atoms with Gasteiger partial charge in [0.2, 0.25) is 0 Å². The molecule has 0 aromatic carbocycles. The quantitative estimate of drug-likeness (QED) is 0.678. The highest BCUT2D eigenvalue weighted by Crippen LogP contribution is 1.97. The van der Waals surface area contributed by atoms with E-state index in [0.29, 0.717) is 5.92 Å². The maximum atomic E-state index is 4.24. The summed E-state index contributed by atoms with van der Waals surface area (Å²) in [5.74, 6) is 1.75. The highest BCUT2D eigenvalue weighted by molar-refractivity contribution is 5.85. The lowest BCUT2D eigenvalue weighted by atomic mass is 10.2. The second kappa shape index (κ2) is 5.35. The fraction of sp³-hybridized carbons (Fsp3) is 0.556. The Morgan fingerprint density at radius 2 is 2.31 bits per heavy atom. The standard InChI is InChI=1S/C6H12N2.C3H4N2/c1-5(2)6-7-3-4-8-6;1-2-5-3-4-1/h5H,3-4H2,1-2H3,(H,7,8);1-3H,(H,4,5). The van der Waals surface area contributed by atoms with Crippen LogP contribution < -0.4 is 5.32 Å². The Kier molecular flexibility index (Phi) is 4.02. The number of rotatable bonds is 1. The molecular formula is C9H16N4. The maximum Gasteiger partial charge on any atom is 0.0990 e. The summed E-state index contributed by atoms with van der Waals surface area (Å²) in [6.45, 7) is 6.30. The first-order chi connectivity index (χ1) is 6.30. The lowest BCUT2D eigenvalue weighted by Crippen LogP contribution is -2.23. The van der Waals surface area contributed by atoms with E-state index in [1.54, 1.807) is 18.7 Å². The first-order valence-corrected chi connectivity index (χ1v) is 4.51. The normalized spacial score (nSPS) is 14.5. The number of imidazole rings is 1. The molecule has 2 N–H and O–H groups in total. The van der Waals surface area contributed by atoms with Crippen LogP contribution in [0.5, 0.6) is 0 Å². The van der Waals surface area contributed by atoms with Gasteiger partial charge in [-0.3, -0.25) is 4.99 Å². The highest BCUT2D eigenvalue weighted by Gasteiger charge is 2.06. The Morgan fingerprint density at radius 1 is 1.46 bits per heavy atom. The lowest BCUT2D eigenvalue weighted by Gasteiger charge is -2.02. The van der Waals surface area contributed by atoms with Crippen LogP contribution in [0, 0.1) is 5.92 Å². The number of nitrogens with one attached hydrogen (secondary N) is 2. The predicted octanol–water partition coefficient (Wildman–Crippen LogP) is 1.05. The molecule has 0 saturated heterocycles. The number of aliphatic imine (C=N–C) groups is 1. The van der Waals surface area contributed by atoms with Crippen LogP contribution in [0.2, 0.25) is 0 Å². The molecule has 0 aliphatic carbocycles. The van der Waals surface area contributed by atoms with Crippen LogP contribution >= 0.6 is 0 Å². The number of hydrogen-bond acceptors (Lipinski definition) is 3. The number of aromatic amines is 1. The Labute approximate surface area is 78.5 Å². The maximum absolute atomic E-state index is 4.24. The van der Waals surface area contributed by atoms with Crippen LogP contribution in [0.25, 0.3) is 0 Å². The van der Waals surface area contributed by atoms with Gasteiger partial charge in [-0.1, -0.05) is 13.8 Å². The number of H-pyrrole nitrogens is 1. The van der Waals surface area contributed by atoms with Gasteiger partial charge in [-0.15, -0.1) is 0 Å². The van der Waals surface area contributed by atoms with Crippen LogP contribution in [0.1, 0.15) is 13.8 Å². The van der Waals surface area contributed by atoms with Crippen molar-refractivity contribution in [1.82, 2.24) is 15.3 Å². The van der Waals surface area contributed by atoms with Gasteiger partial charge in [0, 0.05) is 24.9 Å². The third kappa shape index (κ3) is 3.73. The summed E-state index contributed by atoms with van der Waals surface area (Å²) in [4.78, 5) is 10.7. The SMILES string of the molecule is CC(C)C1=NCCN1.c1c[nH]cn1. The molecule has 0 bridgehead atoms. The molecule has 1 aromatic heterocycles. The summed E-state index contributed by atoms with van der Waals surface area (Å²) in [5.41, 5.74) is 0. The van der Waals surface area contributed by atoms with Crippen molar-refractivity contribution in [1.29, 1.82) is 0 Å². The summed E-state index contributed by atoms with van der Waals surface area (Å²) < 4.78 is 0. The van der Waals surface area contributed by atoms with E-state index in [-0.39, 0.29) is 0 Å². The molecule has 0 unspecified atom stereocenters. The van der Waals surface area contributed by atoms with Gasteiger partial charge in [-0.05, 0) is 0 Å². The van der Waals surface area contributed by atoms with Gasteiger partial charge in [0.05, 0.1) is 18.7 Å². The van der Waals surface area contributed by atoms with E-state index in [4.69, 9.17) is 0 Å². The molecule has 1 aliphatic heterocycles. The molecule has 4 heteroatoms. The zero-order chi connectivity index (χ0) is 9.52. The molecule has 0 amide bonds. The first-order valence-electron chi connectivity index (χ1n) is 4.51. The number of aromatic nitrogens is 2. The Hall–Kier alpha value is -1.32. The van der Waals surface area contributed by atoms with E-state index < -0.39 is 0 Å². The van der Waals surface area contributed by atoms with Gasteiger partial charge in [0.1, 0.15) is 0 Å². The first kappa shape index (κ1) is 9.77. The highest BCUT2D eigenvalue weighted by atomic mass is 15.1. The fourth-order valence-corrected chi connectivity index (χ4v) is 1.02. The smallest absolute Gasteiger partial charge is 0.0990 e. The fourth-order valence-electron chi connectivity index (χ4n) is 1.02. The van der Waals surface area contributed by atoms with E-state index in [9.17, 15) is 0 Å². The summed E-state index contributed by atoms with van der Waals surface area (Å²) in [7, 11) is 0. The van der Waals surface area contributed by atoms with Gasteiger partial charge >= 0.3 is 0 Å². The van der Waals surface area contributed by atoms with Crippen molar-refractivity contribution in [3.8, 4) is 0 Å². The summed E-state index contributed by atoms with van der Waals surface area (Å²) in [5, 5.41) is 3.21. The van der Waals surface area contributed by atoms with Crippen molar-refractivity contribution in [3.05, 3.63) is 18.7 Å². The third-order valence-electron chi connectivity index (χ3n) is 1.65. The van der Waals surface area contributed by atoms with Crippen molar-refractivity contribution in [2.75, 3.05) is 13.1 Å². The molecule has 0 radical (unpaired) electrons. The monoisotopic (exact) mass is 180 g/mol. The molecule has 2 rings (SSSR count). The molecule has 1 aliphatic rings. The topological polar surface area (TPSA) is 53.1 Å². The lowest BCUT2D eigenvalue weighted by molar-refractivity contribution is 0.838. The van der Waals surface area contributed by atoms with Crippen LogP contribution in [-0.4, -0.2) is 28.9 Å². The van der Waals surface area contributed by atoms with Crippen molar-refractivity contribution in [2.45, 2.75) is 13.8 Å². The minimum Gasteiger partial charge on any atom is -0.372 e. The Balaban J connectivity index is 0.000000145. The van der Waals surface area contributed by atoms with Crippen molar-refractivity contribution in [2.24, 2.45) is 10.9 Å². The van der Waals surface area contributed by atoms with Crippen LogP contribution in [0.3, 0.4) is 0 Å². The average Bonchev–Trinajstić information content (AvgIpc) is 2.82. The van der Waals surface area contributed by atoms with Crippen molar-refractivity contribution >= 4 is 5.84 Å². The molecule has 4 nitrogen and oxygen atoms in total. The number of amidine groups is 1. The average molecular weight is 180 g/mol. The minimum atomic E-state index is 0.581. The van der Waals surface area contributed by atoms with Gasteiger partial charge < -0.3 is 10.3 Å². The summed E-state index contributed by atoms with van der Waals surface area (Å²) in [6, 6.07) is 0. The summed E-state index contributed by atoms with van der Waals surface area (Å²) >= 11 is 0. The van der Waals surface area contributed by atoms with E-state index in [1.165, 1.54) is 5.84 Å². The van der Waals surface area contributed by atoms with Gasteiger partial charge in [0.15, 0.2) is 0 Å². The molecular weight excluding hydrogens is 164 g/mol. The van der Waals surface area contributed by atoms with Gasteiger partial charge in [0.25, 0.3) is 0 Å². The van der Waals surface area contributed by atoms with Gasteiger partial charge in [-0.2, -0.15) is 0 Å². The van der Waals surface area contributed by atoms with Crippen molar-refractivity contribution in [3.63, 3.8) is 0 Å². The van der Waals surface area contributed by atoms with Gasteiger partial charge in [-0.25, -0.2) is 4.98 Å². The minimum absolute atomic E-state index is 0.581. The largest absolute Gasteiger partial charge is 0.372 e. The van der Waals surface area contributed by atoms with E-state index in [2.05, 4.69) is 34.1 Å². The number of nitrogens with zero attached hydrogens (tertiary/aromatic N) is 2. The molecule has 72 valence electrons. The van der Waals surface area contributed by atoms with Crippen molar-refractivity contribution < 1.29 is 0 Å². The molecule has 13 heavy (non-hydrogen) atoms. The molecule has 0 saturated carbocycles. The Morgan fingerprint density at radius 3 is 2.54 bits per heavy atom. The predicted molar refractivity (Wildman–Crippen MR) is 53.7 cm³/mol. The van der Waals surface area contributed by atoms with Crippen LogP contribution in [-0.2, 0) is 0 Å².